The number of hydrogen-bond acceptors (Lipinski definition) is 4. The van der Waals surface area contributed by atoms with Gasteiger partial charge in [0.15, 0.2) is 0 Å². The zero-order chi connectivity index (χ0) is 22.7. The van der Waals surface area contributed by atoms with Crippen LogP contribution in [0.2, 0.25) is 5.02 Å². The van der Waals surface area contributed by atoms with Crippen molar-refractivity contribution in [3.05, 3.63) is 76.6 Å². The maximum absolute atomic E-state index is 13.1. The Morgan fingerprint density at radius 1 is 1.12 bits per heavy atom. The lowest BCUT2D eigenvalue weighted by molar-refractivity contribution is 0.0414. The highest BCUT2D eigenvalue weighted by Gasteiger charge is 2.27. The number of benzene rings is 3. The molecule has 0 aromatic heterocycles. The zero-order valence-electron chi connectivity index (χ0n) is 18.5. The van der Waals surface area contributed by atoms with Gasteiger partial charge in [-0.25, -0.2) is 4.39 Å². The third-order valence-electron chi connectivity index (χ3n) is 6.57. The van der Waals surface area contributed by atoms with Crippen molar-refractivity contribution in [2.45, 2.75) is 44.5 Å². The van der Waals surface area contributed by atoms with Crippen molar-refractivity contribution in [3.63, 3.8) is 0 Å². The van der Waals surface area contributed by atoms with Crippen LogP contribution in [0.1, 0.15) is 37.0 Å². The van der Waals surface area contributed by atoms with Gasteiger partial charge in [0, 0.05) is 37.1 Å². The number of fused-ring (bicyclic) bond motifs is 1. The summed E-state index contributed by atoms with van der Waals surface area (Å²) < 4.78 is 18.4. The van der Waals surface area contributed by atoms with Gasteiger partial charge in [0.25, 0.3) is 0 Å². The number of ether oxygens (including phenoxy) is 1. The second-order valence-corrected chi connectivity index (χ2v) is 8.94. The molecule has 1 heterocycles. The summed E-state index contributed by atoms with van der Waals surface area (Å²) in [6.07, 6.45) is 1.46. The second-order valence-electron chi connectivity index (χ2n) is 8.57. The molecule has 4 rings (SSSR count). The predicted octanol–water partition coefficient (Wildman–Crippen LogP) is 5.32. The highest BCUT2D eigenvalue weighted by molar-refractivity contribution is 6.37. The molecule has 0 amide bonds. The third-order valence-corrected chi connectivity index (χ3v) is 6.96. The Balaban J connectivity index is 1.34. The number of nitrogens with one attached hydrogen (secondary N) is 1. The van der Waals surface area contributed by atoms with Crippen molar-refractivity contribution < 1.29 is 14.2 Å². The predicted molar refractivity (Wildman–Crippen MR) is 128 cm³/mol. The van der Waals surface area contributed by atoms with Gasteiger partial charge in [0.1, 0.15) is 11.6 Å². The number of aliphatic hydroxyl groups excluding tert-OH is 1. The lowest BCUT2D eigenvalue weighted by Gasteiger charge is -2.38. The van der Waals surface area contributed by atoms with Gasteiger partial charge in [-0.2, -0.15) is 0 Å². The van der Waals surface area contributed by atoms with Crippen molar-refractivity contribution in [3.8, 4) is 5.75 Å². The van der Waals surface area contributed by atoms with E-state index in [2.05, 4.69) is 17.1 Å². The van der Waals surface area contributed by atoms with E-state index in [0.717, 1.165) is 54.4 Å². The summed E-state index contributed by atoms with van der Waals surface area (Å²) >= 11 is 6.42. The molecule has 1 fully saturated rings. The van der Waals surface area contributed by atoms with Gasteiger partial charge in [0.05, 0.1) is 18.2 Å². The fourth-order valence-electron chi connectivity index (χ4n) is 4.49. The first-order chi connectivity index (χ1) is 15.5. The fraction of sp³-hybridized carbons (Fsp3) is 0.385. The number of rotatable bonds is 7. The van der Waals surface area contributed by atoms with E-state index in [9.17, 15) is 9.50 Å². The maximum atomic E-state index is 13.1. The van der Waals surface area contributed by atoms with Crippen LogP contribution in [-0.4, -0.2) is 42.3 Å². The minimum absolute atomic E-state index is 0.0132. The SMILES string of the molecule is COc1ccc2cc([C@@H](O)[C@@H](C)N3CCC(NCc4ccc(F)cc4)CC3)ccc2c1Cl. The number of methoxy groups -OCH3 is 1. The first-order valence-corrected chi connectivity index (χ1v) is 11.5. The van der Waals surface area contributed by atoms with Crippen molar-refractivity contribution >= 4 is 22.4 Å². The molecule has 0 aliphatic carbocycles. The molecular weight excluding hydrogens is 427 g/mol. The van der Waals surface area contributed by atoms with Crippen molar-refractivity contribution in [2.24, 2.45) is 0 Å². The molecule has 2 atom stereocenters. The summed E-state index contributed by atoms with van der Waals surface area (Å²) in [6.45, 7) is 4.68. The number of nitrogens with zero attached hydrogens (tertiary/aromatic N) is 1. The van der Waals surface area contributed by atoms with Crippen LogP contribution < -0.4 is 10.1 Å². The molecule has 170 valence electrons. The van der Waals surface area contributed by atoms with Crippen LogP contribution in [0.5, 0.6) is 5.75 Å². The molecule has 2 N–H and O–H groups in total. The van der Waals surface area contributed by atoms with Crippen LogP contribution in [-0.2, 0) is 6.54 Å². The Morgan fingerprint density at radius 2 is 1.84 bits per heavy atom. The molecule has 3 aromatic rings. The molecular formula is C26H30ClFN2O2. The summed E-state index contributed by atoms with van der Waals surface area (Å²) in [5.41, 5.74) is 1.98. The van der Waals surface area contributed by atoms with Gasteiger partial charge < -0.3 is 15.2 Å². The van der Waals surface area contributed by atoms with E-state index in [0.29, 0.717) is 16.8 Å². The van der Waals surface area contributed by atoms with Gasteiger partial charge in [-0.3, -0.25) is 4.90 Å². The van der Waals surface area contributed by atoms with Crippen LogP contribution in [0, 0.1) is 5.82 Å². The van der Waals surface area contributed by atoms with E-state index in [1.165, 1.54) is 12.1 Å². The topological polar surface area (TPSA) is 44.7 Å². The van der Waals surface area contributed by atoms with Crippen LogP contribution in [0.25, 0.3) is 10.8 Å². The molecule has 1 saturated heterocycles. The van der Waals surface area contributed by atoms with E-state index in [1.54, 1.807) is 7.11 Å². The summed E-state index contributed by atoms with van der Waals surface area (Å²) in [5.74, 6) is 0.445. The lowest BCUT2D eigenvalue weighted by atomic mass is 9.96. The minimum Gasteiger partial charge on any atom is -0.495 e. The number of likely N-dealkylation sites (tertiary alicyclic amines) is 1. The molecule has 0 saturated carbocycles. The molecule has 1 aliphatic rings. The first-order valence-electron chi connectivity index (χ1n) is 11.1. The Morgan fingerprint density at radius 3 is 2.53 bits per heavy atom. The second kappa shape index (κ2) is 10.2. The van der Waals surface area contributed by atoms with Gasteiger partial charge in [0.2, 0.25) is 0 Å². The van der Waals surface area contributed by atoms with Crippen LogP contribution in [0.4, 0.5) is 4.39 Å². The largest absolute Gasteiger partial charge is 0.495 e. The third kappa shape index (κ3) is 5.07. The molecule has 0 spiro atoms. The van der Waals surface area contributed by atoms with Crippen molar-refractivity contribution in [2.75, 3.05) is 20.2 Å². The number of aliphatic hydroxyl groups is 1. The average molecular weight is 457 g/mol. The summed E-state index contributed by atoms with van der Waals surface area (Å²) in [7, 11) is 1.61. The van der Waals surface area contributed by atoms with E-state index in [1.807, 2.05) is 42.5 Å². The summed E-state index contributed by atoms with van der Waals surface area (Å²) in [4.78, 5) is 2.35. The monoisotopic (exact) mass is 456 g/mol. The van der Waals surface area contributed by atoms with E-state index in [4.69, 9.17) is 16.3 Å². The normalized spacial score (nSPS) is 17.4. The Bertz CT molecular complexity index is 1050. The highest BCUT2D eigenvalue weighted by Crippen LogP contribution is 2.34. The molecule has 0 unspecified atom stereocenters. The standard InChI is InChI=1S/C26H30ClFN2O2/c1-17(26(31)20-5-9-23-19(15-20)6-10-24(32-2)25(23)27)30-13-11-22(12-14-30)29-16-18-3-7-21(28)8-4-18/h3-10,15,17,22,26,29,31H,11-14,16H2,1-2H3/t17-,26+/m1/s1. The minimum atomic E-state index is -0.580. The summed E-state index contributed by atoms with van der Waals surface area (Å²) in [5, 5.41) is 17.1. The fourth-order valence-corrected chi connectivity index (χ4v) is 4.80. The molecule has 3 aromatic carbocycles. The average Bonchev–Trinajstić information content (AvgIpc) is 2.83. The van der Waals surface area contributed by atoms with Crippen molar-refractivity contribution in [1.82, 2.24) is 10.2 Å². The van der Waals surface area contributed by atoms with E-state index in [-0.39, 0.29) is 11.9 Å². The van der Waals surface area contributed by atoms with Gasteiger partial charge >= 0.3 is 0 Å². The smallest absolute Gasteiger partial charge is 0.138 e. The number of halogens is 2. The molecule has 6 heteroatoms. The van der Waals surface area contributed by atoms with E-state index < -0.39 is 6.10 Å². The number of hydrogen-bond donors (Lipinski definition) is 2. The maximum Gasteiger partial charge on any atom is 0.138 e. The van der Waals surface area contributed by atoms with E-state index >= 15 is 0 Å². The lowest BCUT2D eigenvalue weighted by Crippen LogP contribution is -2.47. The molecule has 32 heavy (non-hydrogen) atoms. The molecule has 0 radical (unpaired) electrons. The van der Waals surface area contributed by atoms with Gasteiger partial charge in [-0.05, 0) is 60.5 Å². The zero-order valence-corrected chi connectivity index (χ0v) is 19.3. The van der Waals surface area contributed by atoms with Gasteiger partial charge in [-0.15, -0.1) is 0 Å². The molecule has 0 bridgehead atoms. The number of piperidine rings is 1. The molecule has 4 nitrogen and oxygen atoms in total. The Hall–Kier alpha value is -2.18. The van der Waals surface area contributed by atoms with Crippen LogP contribution in [0.15, 0.2) is 54.6 Å². The quantitative estimate of drug-likeness (QED) is 0.505. The van der Waals surface area contributed by atoms with Crippen molar-refractivity contribution in [1.29, 1.82) is 0 Å². The first kappa shape index (κ1) is 23.0. The Kier molecular flexibility index (Phi) is 7.31. The highest BCUT2D eigenvalue weighted by atomic mass is 35.5. The van der Waals surface area contributed by atoms with Crippen LogP contribution >= 0.6 is 11.6 Å². The molecule has 1 aliphatic heterocycles. The van der Waals surface area contributed by atoms with Crippen LogP contribution in [0.3, 0.4) is 0 Å². The summed E-state index contributed by atoms with van der Waals surface area (Å²) in [6, 6.07) is 16.8. The van der Waals surface area contributed by atoms with Gasteiger partial charge in [-0.1, -0.05) is 41.9 Å². The Labute approximate surface area is 194 Å².